The molecule has 0 atom stereocenters. The Morgan fingerprint density at radius 2 is 1.26 bits per heavy atom. The van der Waals surface area contributed by atoms with Crippen molar-refractivity contribution < 1.29 is 24.3 Å². The van der Waals surface area contributed by atoms with Crippen molar-refractivity contribution >= 4 is 0 Å². The molecule has 0 aliphatic carbocycles. The first kappa shape index (κ1) is 16.8. The van der Waals surface area contributed by atoms with E-state index in [4.69, 9.17) is 24.3 Å². The first-order valence-corrected chi connectivity index (χ1v) is 6.44. The zero-order valence-electron chi connectivity index (χ0n) is 13.5. The monoisotopic (exact) mass is 277 g/mol. The number of rotatable bonds is 5. The van der Waals surface area contributed by atoms with E-state index in [1.54, 1.807) is 7.11 Å². The van der Waals surface area contributed by atoms with Gasteiger partial charge in [-0.25, -0.2) is 14.6 Å². The van der Waals surface area contributed by atoms with Crippen LogP contribution in [0.4, 0.5) is 0 Å². The van der Waals surface area contributed by atoms with E-state index in [0.29, 0.717) is 0 Å². The Morgan fingerprint density at radius 1 is 0.842 bits per heavy atom. The molecule has 0 spiro atoms. The number of methoxy groups -OCH3 is 1. The summed E-state index contributed by atoms with van der Waals surface area (Å²) in [5.41, 5.74) is -2.25. The Bertz CT molecular complexity index is 309. The lowest BCUT2D eigenvalue weighted by Gasteiger charge is -2.38. The van der Waals surface area contributed by atoms with Gasteiger partial charge in [0.1, 0.15) is 22.2 Å². The highest BCUT2D eigenvalue weighted by atomic mass is 17.4. The Balaban J connectivity index is 2.61. The molecular formula is C13H27NO5. The van der Waals surface area contributed by atoms with E-state index in [1.807, 2.05) is 55.4 Å². The maximum atomic E-state index is 5.53. The first-order chi connectivity index (χ1) is 8.35. The van der Waals surface area contributed by atoms with Crippen LogP contribution in [-0.2, 0) is 24.3 Å². The van der Waals surface area contributed by atoms with Gasteiger partial charge in [0.15, 0.2) is 0 Å². The molecule has 1 heterocycles. The molecule has 0 N–H and O–H groups in total. The van der Waals surface area contributed by atoms with Crippen LogP contribution >= 0.6 is 0 Å². The zero-order valence-corrected chi connectivity index (χ0v) is 13.5. The van der Waals surface area contributed by atoms with Crippen LogP contribution < -0.4 is 0 Å². The molecule has 0 aromatic heterocycles. The van der Waals surface area contributed by atoms with Crippen LogP contribution in [0.25, 0.3) is 0 Å². The summed E-state index contributed by atoms with van der Waals surface area (Å²) in [5, 5.41) is 0.910. The normalized spacial score (nSPS) is 23.8. The molecule has 19 heavy (non-hydrogen) atoms. The van der Waals surface area contributed by atoms with E-state index in [2.05, 4.69) is 0 Å². The average molecular weight is 277 g/mol. The van der Waals surface area contributed by atoms with Gasteiger partial charge >= 0.3 is 0 Å². The summed E-state index contributed by atoms with van der Waals surface area (Å²) < 4.78 is 5.39. The highest BCUT2D eigenvalue weighted by molar-refractivity contribution is 4.90. The van der Waals surface area contributed by atoms with Crippen LogP contribution in [0.1, 0.15) is 55.4 Å². The van der Waals surface area contributed by atoms with Crippen molar-refractivity contribution in [1.82, 2.24) is 5.39 Å². The minimum Gasteiger partial charge on any atom is -0.376 e. The van der Waals surface area contributed by atoms with Gasteiger partial charge in [-0.05, 0) is 55.4 Å². The molecule has 0 bridgehead atoms. The average Bonchev–Trinajstić information content (AvgIpc) is 2.45. The fourth-order valence-corrected chi connectivity index (χ4v) is 1.11. The first-order valence-electron chi connectivity index (χ1n) is 6.44. The molecule has 114 valence electrons. The van der Waals surface area contributed by atoms with Gasteiger partial charge in [-0.15, -0.1) is 0 Å². The molecule has 0 saturated carbocycles. The van der Waals surface area contributed by atoms with E-state index in [-0.39, 0.29) is 0 Å². The third-order valence-electron chi connectivity index (χ3n) is 4.32. The van der Waals surface area contributed by atoms with Crippen molar-refractivity contribution in [3.05, 3.63) is 0 Å². The van der Waals surface area contributed by atoms with Gasteiger partial charge in [-0.1, -0.05) is 4.99 Å². The van der Waals surface area contributed by atoms with Gasteiger partial charge in [0.2, 0.25) is 0 Å². The topological polar surface area (TPSA) is 49.4 Å². The number of hydrogen-bond donors (Lipinski definition) is 0. The molecule has 0 unspecified atom stereocenters. The molecule has 0 aromatic carbocycles. The van der Waals surface area contributed by atoms with Crippen LogP contribution in [0.3, 0.4) is 0 Å². The lowest BCUT2D eigenvalue weighted by Crippen LogP contribution is -2.49. The predicted molar refractivity (Wildman–Crippen MR) is 69.5 cm³/mol. The van der Waals surface area contributed by atoms with E-state index in [9.17, 15) is 0 Å². The maximum Gasteiger partial charge on any atom is 0.128 e. The summed E-state index contributed by atoms with van der Waals surface area (Å²) >= 11 is 0. The highest BCUT2D eigenvalue weighted by Crippen LogP contribution is 2.38. The molecule has 1 aliphatic heterocycles. The van der Waals surface area contributed by atoms with Crippen molar-refractivity contribution in [3.8, 4) is 0 Å². The summed E-state index contributed by atoms with van der Waals surface area (Å²) in [6, 6.07) is 0. The SMILES string of the molecule is COC(C)(C)C(C)(C)OON1OC(C)(C)C(C)(C)O1. The number of hydrogen-bond acceptors (Lipinski definition) is 6. The van der Waals surface area contributed by atoms with E-state index < -0.39 is 22.4 Å². The Labute approximate surface area is 115 Å². The second-order valence-electron chi connectivity index (χ2n) is 6.81. The second kappa shape index (κ2) is 4.95. The maximum absolute atomic E-state index is 5.53. The van der Waals surface area contributed by atoms with Crippen LogP contribution in [0.15, 0.2) is 0 Å². The smallest absolute Gasteiger partial charge is 0.128 e. The molecule has 1 fully saturated rings. The van der Waals surface area contributed by atoms with Gasteiger partial charge in [0.05, 0.1) is 5.60 Å². The summed E-state index contributed by atoms with van der Waals surface area (Å²) in [6.45, 7) is 15.2. The number of nitrogens with zero attached hydrogens (tertiary/aromatic N) is 1. The van der Waals surface area contributed by atoms with Crippen molar-refractivity contribution in [2.75, 3.05) is 7.11 Å². The lowest BCUT2D eigenvalue weighted by molar-refractivity contribution is -0.628. The fourth-order valence-electron chi connectivity index (χ4n) is 1.11. The van der Waals surface area contributed by atoms with E-state index >= 15 is 0 Å². The van der Waals surface area contributed by atoms with Gasteiger partial charge < -0.3 is 4.74 Å². The van der Waals surface area contributed by atoms with E-state index in [0.717, 1.165) is 5.39 Å². The Morgan fingerprint density at radius 3 is 1.63 bits per heavy atom. The standard InChI is InChI=1S/C13H27NO5/c1-10(2,15-9)13(7,8)18-19-14-16-11(3,4)12(5,6)17-14/h1-9H3. The molecule has 0 aromatic rings. The molecule has 1 rings (SSSR count). The Hall–Kier alpha value is -0.240. The highest BCUT2D eigenvalue weighted by Gasteiger charge is 2.52. The lowest BCUT2D eigenvalue weighted by atomic mass is 9.89. The van der Waals surface area contributed by atoms with Gasteiger partial charge in [0, 0.05) is 7.11 Å². The third-order valence-corrected chi connectivity index (χ3v) is 4.32. The second-order valence-corrected chi connectivity index (χ2v) is 6.81. The van der Waals surface area contributed by atoms with Gasteiger partial charge in [-0.2, -0.15) is 0 Å². The largest absolute Gasteiger partial charge is 0.376 e. The summed E-state index contributed by atoms with van der Waals surface area (Å²) in [7, 11) is 1.63. The van der Waals surface area contributed by atoms with Crippen molar-refractivity contribution in [3.63, 3.8) is 0 Å². The molecule has 0 amide bonds. The van der Waals surface area contributed by atoms with Crippen molar-refractivity contribution in [2.45, 2.75) is 77.8 Å². The number of ether oxygens (including phenoxy) is 1. The van der Waals surface area contributed by atoms with Crippen LogP contribution in [-0.4, -0.2) is 34.9 Å². The summed E-state index contributed by atoms with van der Waals surface area (Å²) in [4.78, 5) is 21.6. The molecule has 0 radical (unpaired) electrons. The molecule has 1 aliphatic rings. The van der Waals surface area contributed by atoms with Crippen molar-refractivity contribution in [1.29, 1.82) is 0 Å². The quantitative estimate of drug-likeness (QED) is 0.569. The van der Waals surface area contributed by atoms with Crippen molar-refractivity contribution in [2.24, 2.45) is 0 Å². The third kappa shape index (κ3) is 3.26. The van der Waals surface area contributed by atoms with Crippen LogP contribution in [0.2, 0.25) is 0 Å². The fraction of sp³-hybridized carbons (Fsp3) is 1.00. The molecule has 1 saturated heterocycles. The van der Waals surface area contributed by atoms with Crippen LogP contribution in [0, 0.1) is 0 Å². The van der Waals surface area contributed by atoms with Gasteiger partial charge in [-0.3, -0.25) is 0 Å². The molecule has 6 nitrogen and oxygen atoms in total. The van der Waals surface area contributed by atoms with Crippen LogP contribution in [0.5, 0.6) is 0 Å². The van der Waals surface area contributed by atoms with Gasteiger partial charge in [0.25, 0.3) is 0 Å². The predicted octanol–water partition coefficient (Wildman–Crippen LogP) is 2.79. The molecular weight excluding hydrogens is 250 g/mol. The minimum atomic E-state index is -0.689. The Kier molecular flexibility index (Phi) is 4.38. The zero-order chi connectivity index (χ0) is 15.1. The van der Waals surface area contributed by atoms with E-state index in [1.165, 1.54) is 0 Å². The molecule has 6 heteroatoms. The minimum absolute atomic E-state index is 0.517. The summed E-state index contributed by atoms with van der Waals surface area (Å²) in [5.74, 6) is 0. The summed E-state index contributed by atoms with van der Waals surface area (Å²) in [6.07, 6.45) is 0.